The van der Waals surface area contributed by atoms with E-state index in [1.54, 1.807) is 30.5 Å². The molecule has 0 aliphatic heterocycles. The SMILES string of the molecule is CCOC(=O)c1nn(-c2cccc(C)c2)c(=O)c2c(NC(C)=O)scc12. The molecule has 0 saturated carbocycles. The van der Waals surface area contributed by atoms with E-state index in [0.29, 0.717) is 16.1 Å². The predicted octanol–water partition coefficient (Wildman–Crippen LogP) is 2.89. The van der Waals surface area contributed by atoms with Crippen LogP contribution in [0.15, 0.2) is 34.4 Å². The second-order valence-electron chi connectivity index (χ2n) is 5.66. The van der Waals surface area contributed by atoms with Gasteiger partial charge in [-0.25, -0.2) is 4.79 Å². The molecule has 0 aliphatic carbocycles. The van der Waals surface area contributed by atoms with Gasteiger partial charge >= 0.3 is 5.97 Å². The topological polar surface area (TPSA) is 90.3 Å². The number of rotatable bonds is 4. The Hall–Kier alpha value is -3.00. The van der Waals surface area contributed by atoms with Crippen LogP contribution < -0.4 is 10.9 Å². The fourth-order valence-corrected chi connectivity index (χ4v) is 3.57. The van der Waals surface area contributed by atoms with Crippen molar-refractivity contribution < 1.29 is 14.3 Å². The summed E-state index contributed by atoms with van der Waals surface area (Å²) in [5.41, 5.74) is 1.10. The number of aryl methyl sites for hydroxylation is 1. The Kier molecular flexibility index (Phi) is 4.85. The maximum atomic E-state index is 13.0. The molecule has 7 nitrogen and oxygen atoms in total. The number of anilines is 1. The Labute approximate surface area is 153 Å². The van der Waals surface area contributed by atoms with E-state index in [1.165, 1.54) is 22.9 Å². The van der Waals surface area contributed by atoms with Gasteiger partial charge in [0.2, 0.25) is 5.91 Å². The second-order valence-corrected chi connectivity index (χ2v) is 6.54. The average Bonchev–Trinajstić information content (AvgIpc) is 2.99. The molecule has 0 radical (unpaired) electrons. The molecule has 0 saturated heterocycles. The predicted molar refractivity (Wildman–Crippen MR) is 100 cm³/mol. The van der Waals surface area contributed by atoms with Gasteiger partial charge in [-0.2, -0.15) is 9.78 Å². The van der Waals surface area contributed by atoms with Gasteiger partial charge < -0.3 is 10.1 Å². The summed E-state index contributed by atoms with van der Waals surface area (Å²) in [6.45, 7) is 5.14. The number of benzene rings is 1. The molecule has 0 unspecified atom stereocenters. The number of carbonyl (C=O) groups excluding carboxylic acids is 2. The lowest BCUT2D eigenvalue weighted by Crippen LogP contribution is -2.25. The molecule has 0 fully saturated rings. The third-order valence-electron chi connectivity index (χ3n) is 3.66. The van der Waals surface area contributed by atoms with Gasteiger partial charge in [-0.05, 0) is 31.5 Å². The first-order valence-electron chi connectivity index (χ1n) is 7.98. The van der Waals surface area contributed by atoms with Gasteiger partial charge in [-0.15, -0.1) is 11.3 Å². The van der Waals surface area contributed by atoms with Crippen molar-refractivity contribution in [3.8, 4) is 5.69 Å². The van der Waals surface area contributed by atoms with Gasteiger partial charge in [0.05, 0.1) is 17.7 Å². The van der Waals surface area contributed by atoms with Crippen molar-refractivity contribution in [1.82, 2.24) is 9.78 Å². The van der Waals surface area contributed by atoms with Crippen molar-refractivity contribution in [2.75, 3.05) is 11.9 Å². The standard InChI is InChI=1S/C18H17N3O4S/c1-4-25-18(24)15-13-9-26-16(19-11(3)22)14(13)17(23)21(20-15)12-7-5-6-10(2)8-12/h5-9H,4H2,1-3H3,(H,19,22). The van der Waals surface area contributed by atoms with Gasteiger partial charge in [-0.3, -0.25) is 9.59 Å². The quantitative estimate of drug-likeness (QED) is 0.712. The monoisotopic (exact) mass is 371 g/mol. The molecule has 2 aromatic heterocycles. The lowest BCUT2D eigenvalue weighted by Gasteiger charge is -2.10. The molecule has 0 bridgehead atoms. The Morgan fingerprint density at radius 1 is 1.35 bits per heavy atom. The number of nitrogens with zero attached hydrogens (tertiary/aromatic N) is 2. The number of carbonyl (C=O) groups is 2. The van der Waals surface area contributed by atoms with Crippen LogP contribution in [0.2, 0.25) is 0 Å². The average molecular weight is 371 g/mol. The number of nitrogens with one attached hydrogen (secondary N) is 1. The molecule has 26 heavy (non-hydrogen) atoms. The highest BCUT2D eigenvalue weighted by atomic mass is 32.1. The zero-order valence-corrected chi connectivity index (χ0v) is 15.3. The number of thiophene rings is 1. The number of fused-ring (bicyclic) bond motifs is 1. The highest BCUT2D eigenvalue weighted by Gasteiger charge is 2.22. The minimum atomic E-state index is -0.619. The summed E-state index contributed by atoms with van der Waals surface area (Å²) in [4.78, 5) is 36.9. The van der Waals surface area contributed by atoms with Crippen molar-refractivity contribution in [2.24, 2.45) is 0 Å². The normalized spacial score (nSPS) is 10.7. The largest absolute Gasteiger partial charge is 0.461 e. The van der Waals surface area contributed by atoms with Crippen LogP contribution in [-0.2, 0) is 9.53 Å². The minimum Gasteiger partial charge on any atom is -0.461 e. The van der Waals surface area contributed by atoms with Crippen LogP contribution in [-0.4, -0.2) is 28.3 Å². The van der Waals surface area contributed by atoms with Crippen molar-refractivity contribution in [3.05, 3.63) is 51.3 Å². The molecular formula is C18H17N3O4S. The van der Waals surface area contributed by atoms with E-state index in [2.05, 4.69) is 10.4 Å². The third kappa shape index (κ3) is 3.23. The van der Waals surface area contributed by atoms with E-state index < -0.39 is 11.5 Å². The molecule has 3 aromatic rings. The van der Waals surface area contributed by atoms with Gasteiger partial charge in [-0.1, -0.05) is 12.1 Å². The summed E-state index contributed by atoms with van der Waals surface area (Å²) >= 11 is 1.17. The van der Waals surface area contributed by atoms with E-state index in [1.807, 2.05) is 13.0 Å². The van der Waals surface area contributed by atoms with Crippen LogP contribution in [0.4, 0.5) is 5.00 Å². The van der Waals surface area contributed by atoms with E-state index in [-0.39, 0.29) is 23.6 Å². The van der Waals surface area contributed by atoms with Crippen LogP contribution in [0.5, 0.6) is 0 Å². The summed E-state index contributed by atoms with van der Waals surface area (Å²) in [6, 6.07) is 7.22. The lowest BCUT2D eigenvalue weighted by molar-refractivity contribution is -0.114. The molecule has 1 aromatic carbocycles. The third-order valence-corrected chi connectivity index (χ3v) is 4.55. The van der Waals surface area contributed by atoms with Crippen LogP contribution in [0.25, 0.3) is 16.5 Å². The van der Waals surface area contributed by atoms with E-state index in [0.717, 1.165) is 5.56 Å². The van der Waals surface area contributed by atoms with Crippen LogP contribution in [0.3, 0.4) is 0 Å². The number of esters is 1. The first kappa shape index (κ1) is 17.8. The molecule has 8 heteroatoms. The fourth-order valence-electron chi connectivity index (χ4n) is 2.59. The summed E-state index contributed by atoms with van der Waals surface area (Å²) in [7, 11) is 0. The molecule has 0 aliphatic rings. The molecule has 3 rings (SSSR count). The van der Waals surface area contributed by atoms with Crippen molar-refractivity contribution in [2.45, 2.75) is 20.8 Å². The van der Waals surface area contributed by atoms with Crippen molar-refractivity contribution >= 4 is 39.0 Å². The van der Waals surface area contributed by atoms with Gasteiger partial charge in [0.15, 0.2) is 5.69 Å². The highest BCUT2D eigenvalue weighted by Crippen LogP contribution is 2.30. The van der Waals surface area contributed by atoms with Crippen LogP contribution >= 0.6 is 11.3 Å². The van der Waals surface area contributed by atoms with Crippen LogP contribution in [0, 0.1) is 6.92 Å². The first-order chi connectivity index (χ1) is 12.4. The zero-order chi connectivity index (χ0) is 18.8. The second kappa shape index (κ2) is 7.09. The Morgan fingerprint density at radius 2 is 2.12 bits per heavy atom. The summed E-state index contributed by atoms with van der Waals surface area (Å²) in [6.07, 6.45) is 0. The van der Waals surface area contributed by atoms with Gasteiger partial charge in [0, 0.05) is 17.7 Å². The zero-order valence-electron chi connectivity index (χ0n) is 14.5. The minimum absolute atomic E-state index is 0.0378. The molecule has 1 amide bonds. The number of hydrogen-bond donors (Lipinski definition) is 1. The number of aromatic nitrogens is 2. The summed E-state index contributed by atoms with van der Waals surface area (Å²) in [5.74, 6) is -0.921. The van der Waals surface area contributed by atoms with E-state index in [9.17, 15) is 14.4 Å². The number of amides is 1. The van der Waals surface area contributed by atoms with Gasteiger partial charge in [0.1, 0.15) is 5.00 Å². The fraction of sp³-hybridized carbons (Fsp3) is 0.222. The van der Waals surface area contributed by atoms with Crippen molar-refractivity contribution in [1.29, 1.82) is 0 Å². The summed E-state index contributed by atoms with van der Waals surface area (Å²) < 4.78 is 6.25. The van der Waals surface area contributed by atoms with Gasteiger partial charge in [0.25, 0.3) is 5.56 Å². The summed E-state index contributed by atoms with van der Waals surface area (Å²) in [5, 5.41) is 9.51. The Bertz CT molecular complexity index is 1070. The maximum absolute atomic E-state index is 13.0. The number of hydrogen-bond acceptors (Lipinski definition) is 6. The van der Waals surface area contributed by atoms with E-state index in [4.69, 9.17) is 4.74 Å². The molecular weight excluding hydrogens is 354 g/mol. The highest BCUT2D eigenvalue weighted by molar-refractivity contribution is 7.16. The van der Waals surface area contributed by atoms with Crippen LogP contribution in [0.1, 0.15) is 29.9 Å². The Balaban J connectivity index is 2.34. The van der Waals surface area contributed by atoms with E-state index >= 15 is 0 Å². The molecule has 134 valence electrons. The number of ether oxygens (including phenoxy) is 1. The molecule has 1 N–H and O–H groups in total. The first-order valence-corrected chi connectivity index (χ1v) is 8.86. The maximum Gasteiger partial charge on any atom is 0.359 e. The molecule has 2 heterocycles. The smallest absolute Gasteiger partial charge is 0.359 e. The lowest BCUT2D eigenvalue weighted by atomic mass is 10.2. The molecule has 0 atom stereocenters. The molecule has 0 spiro atoms. The van der Waals surface area contributed by atoms with Crippen molar-refractivity contribution in [3.63, 3.8) is 0 Å². The Morgan fingerprint density at radius 3 is 2.77 bits per heavy atom.